The number of phenolic OH excluding ortho intramolecular Hbond substituents is 1. The second kappa shape index (κ2) is 9.09. The van der Waals surface area contributed by atoms with E-state index in [1.165, 1.54) is 0 Å². The first-order valence-corrected chi connectivity index (χ1v) is 10.9. The van der Waals surface area contributed by atoms with Crippen molar-refractivity contribution in [2.75, 3.05) is 19.8 Å². The molecule has 1 atom stereocenters. The number of benzene rings is 2. The van der Waals surface area contributed by atoms with Crippen molar-refractivity contribution in [3.8, 4) is 16.9 Å². The zero-order valence-corrected chi connectivity index (χ0v) is 18.5. The van der Waals surface area contributed by atoms with Crippen LogP contribution in [0.2, 0.25) is 0 Å². The third kappa shape index (κ3) is 4.04. The molecule has 3 rings (SSSR count). The van der Waals surface area contributed by atoms with Crippen LogP contribution < -0.4 is 10.6 Å². The molecule has 30 heavy (non-hydrogen) atoms. The van der Waals surface area contributed by atoms with Gasteiger partial charge in [0.2, 0.25) is 0 Å². The zero-order chi connectivity index (χ0) is 21.8. The maximum atomic E-state index is 12.8. The normalized spacial score (nSPS) is 17.3. The van der Waals surface area contributed by atoms with Gasteiger partial charge in [-0.3, -0.25) is 0 Å². The van der Waals surface area contributed by atoms with Crippen molar-refractivity contribution in [1.82, 2.24) is 10.6 Å². The van der Waals surface area contributed by atoms with Gasteiger partial charge in [0, 0.05) is 29.7 Å². The molecule has 2 aromatic carbocycles. The minimum atomic E-state index is -0.782. The zero-order valence-electron chi connectivity index (χ0n) is 18.5. The number of hydrogen-bond acceptors (Lipinski definition) is 3. The number of fused-ring (bicyclic) bond motifs is 1. The summed E-state index contributed by atoms with van der Waals surface area (Å²) in [6.45, 7) is 10.1. The molecular weight excluding hydrogens is 376 g/mol. The Kier molecular flexibility index (Phi) is 6.71. The predicted octanol–water partition coefficient (Wildman–Crippen LogP) is 5.17. The Morgan fingerprint density at radius 1 is 1.07 bits per heavy atom. The van der Waals surface area contributed by atoms with Gasteiger partial charge in [-0.2, -0.15) is 0 Å². The summed E-state index contributed by atoms with van der Waals surface area (Å²) < 4.78 is 5.99. The fourth-order valence-corrected chi connectivity index (χ4v) is 4.23. The summed E-state index contributed by atoms with van der Waals surface area (Å²) in [6.07, 6.45) is 2.93. The van der Waals surface area contributed by atoms with Crippen molar-refractivity contribution in [3.63, 3.8) is 0 Å². The Morgan fingerprint density at radius 3 is 2.47 bits per heavy atom. The maximum absolute atomic E-state index is 12.8. The third-order valence-corrected chi connectivity index (χ3v) is 5.91. The Hall–Kier alpha value is -2.53. The van der Waals surface area contributed by atoms with Crippen molar-refractivity contribution < 1.29 is 14.6 Å². The fourth-order valence-electron chi connectivity index (χ4n) is 4.23. The number of urea groups is 1. The van der Waals surface area contributed by atoms with Crippen molar-refractivity contribution >= 4 is 6.03 Å². The number of aromatic hydroxyl groups is 1. The second-order valence-electron chi connectivity index (χ2n) is 8.67. The number of ether oxygens (including phenoxy) is 1. The van der Waals surface area contributed by atoms with Gasteiger partial charge in [-0.25, -0.2) is 4.79 Å². The number of carbonyl (C=O) groups is 1. The lowest BCUT2D eigenvalue weighted by atomic mass is 9.79. The van der Waals surface area contributed by atoms with Crippen LogP contribution in [0.15, 0.2) is 42.5 Å². The molecule has 0 aliphatic heterocycles. The van der Waals surface area contributed by atoms with Crippen LogP contribution in [0, 0.1) is 5.41 Å². The molecular formula is C25H34N2O3. The van der Waals surface area contributed by atoms with Crippen LogP contribution in [0.1, 0.15) is 58.1 Å². The van der Waals surface area contributed by atoms with E-state index < -0.39 is 11.0 Å². The Labute approximate surface area is 179 Å². The van der Waals surface area contributed by atoms with E-state index in [-0.39, 0.29) is 11.8 Å². The molecule has 0 bridgehead atoms. The Balaban J connectivity index is 2.01. The number of phenols is 1. The number of hydrogen-bond donors (Lipinski definition) is 3. The predicted molar refractivity (Wildman–Crippen MR) is 121 cm³/mol. The smallest absolute Gasteiger partial charge is 0.315 e. The maximum Gasteiger partial charge on any atom is 0.315 e. The minimum Gasteiger partial charge on any atom is -0.508 e. The Morgan fingerprint density at radius 2 is 1.80 bits per heavy atom. The van der Waals surface area contributed by atoms with E-state index in [4.69, 9.17) is 4.74 Å². The summed E-state index contributed by atoms with van der Waals surface area (Å²) in [7, 11) is 0. The molecule has 0 aromatic heterocycles. The van der Waals surface area contributed by atoms with Crippen LogP contribution in [0.4, 0.5) is 4.79 Å². The van der Waals surface area contributed by atoms with Crippen LogP contribution in [-0.2, 0) is 10.3 Å². The van der Waals surface area contributed by atoms with Gasteiger partial charge in [-0.15, -0.1) is 0 Å². The number of rotatable bonds is 10. The number of nitrogens with one attached hydrogen (secondary N) is 2. The molecule has 0 fully saturated rings. The van der Waals surface area contributed by atoms with Crippen molar-refractivity contribution in [2.45, 2.75) is 52.5 Å². The monoisotopic (exact) mass is 410 g/mol. The molecule has 0 spiro atoms. The highest BCUT2D eigenvalue weighted by atomic mass is 16.5. The van der Waals surface area contributed by atoms with Crippen molar-refractivity contribution in [3.05, 3.63) is 53.6 Å². The molecule has 0 saturated heterocycles. The largest absolute Gasteiger partial charge is 0.508 e. The van der Waals surface area contributed by atoms with E-state index in [9.17, 15) is 9.90 Å². The van der Waals surface area contributed by atoms with Crippen LogP contribution in [0.3, 0.4) is 0 Å². The first-order chi connectivity index (χ1) is 14.4. The standard InChI is InChI=1S/C25H34N2O3/c1-5-7-16-30-17-24(3,4)25(27-23(29)26-15-6-2)21-19(13-14-20(28)22(21)25)18-11-9-8-10-12-18/h8-14,28H,5-7,15-17H2,1-4H3,(H2,26,27,29). The first kappa shape index (κ1) is 22.2. The van der Waals surface area contributed by atoms with Crippen LogP contribution >= 0.6 is 0 Å². The molecule has 5 nitrogen and oxygen atoms in total. The van der Waals surface area contributed by atoms with Crippen LogP contribution in [0.5, 0.6) is 5.75 Å². The van der Waals surface area contributed by atoms with E-state index in [1.807, 2.05) is 31.2 Å². The highest BCUT2D eigenvalue weighted by molar-refractivity contribution is 5.87. The molecule has 0 heterocycles. The van der Waals surface area contributed by atoms with E-state index in [0.29, 0.717) is 19.8 Å². The fraction of sp³-hybridized carbons (Fsp3) is 0.480. The molecule has 1 aliphatic rings. The molecule has 162 valence electrons. The molecule has 0 saturated carbocycles. The molecule has 5 heteroatoms. The number of carbonyl (C=O) groups excluding carboxylic acids is 1. The molecule has 3 N–H and O–H groups in total. The highest BCUT2D eigenvalue weighted by Gasteiger charge is 2.64. The SMILES string of the molecule is CCCCOCC(C)(C)C1(NC(=O)NCCC)c2c(O)ccc(-c3ccccc3)c21. The van der Waals surface area contributed by atoms with E-state index in [0.717, 1.165) is 41.5 Å². The molecule has 2 amide bonds. The van der Waals surface area contributed by atoms with Crippen LogP contribution in [-0.4, -0.2) is 30.9 Å². The van der Waals surface area contributed by atoms with Gasteiger partial charge >= 0.3 is 6.03 Å². The van der Waals surface area contributed by atoms with Crippen LogP contribution in [0.25, 0.3) is 11.1 Å². The second-order valence-corrected chi connectivity index (χ2v) is 8.67. The summed E-state index contributed by atoms with van der Waals surface area (Å²) in [5, 5.41) is 16.9. The van der Waals surface area contributed by atoms with E-state index in [1.54, 1.807) is 6.07 Å². The number of amides is 2. The molecule has 1 unspecified atom stereocenters. The van der Waals surface area contributed by atoms with Gasteiger partial charge in [-0.05, 0) is 30.0 Å². The molecule has 1 aliphatic carbocycles. The lowest BCUT2D eigenvalue weighted by molar-refractivity contribution is 0.0297. The summed E-state index contributed by atoms with van der Waals surface area (Å²) in [6, 6.07) is 13.5. The third-order valence-electron chi connectivity index (χ3n) is 5.91. The average molecular weight is 411 g/mol. The van der Waals surface area contributed by atoms with Gasteiger partial charge in [0.25, 0.3) is 0 Å². The summed E-state index contributed by atoms with van der Waals surface area (Å²) >= 11 is 0. The average Bonchev–Trinajstić information content (AvgIpc) is 3.42. The van der Waals surface area contributed by atoms with Gasteiger partial charge < -0.3 is 20.5 Å². The highest BCUT2D eigenvalue weighted by Crippen LogP contribution is 2.64. The quantitative estimate of drug-likeness (QED) is 0.473. The lowest BCUT2D eigenvalue weighted by Crippen LogP contribution is -2.52. The van der Waals surface area contributed by atoms with Crippen molar-refractivity contribution in [1.29, 1.82) is 0 Å². The van der Waals surface area contributed by atoms with Gasteiger partial charge in [-0.1, -0.05) is 70.5 Å². The minimum absolute atomic E-state index is 0.210. The topological polar surface area (TPSA) is 70.6 Å². The molecule has 2 aromatic rings. The number of unbranched alkanes of at least 4 members (excludes halogenated alkanes) is 1. The van der Waals surface area contributed by atoms with E-state index in [2.05, 4.69) is 43.5 Å². The Bertz CT molecular complexity index is 879. The van der Waals surface area contributed by atoms with Crippen molar-refractivity contribution in [2.24, 2.45) is 5.41 Å². The van der Waals surface area contributed by atoms with E-state index >= 15 is 0 Å². The van der Waals surface area contributed by atoms with Gasteiger partial charge in [0.1, 0.15) is 11.3 Å². The molecule has 0 radical (unpaired) electrons. The van der Waals surface area contributed by atoms with Gasteiger partial charge in [0.15, 0.2) is 0 Å². The first-order valence-electron chi connectivity index (χ1n) is 10.9. The summed E-state index contributed by atoms with van der Waals surface area (Å²) in [4.78, 5) is 12.8. The summed E-state index contributed by atoms with van der Waals surface area (Å²) in [5.74, 6) is 0.210. The lowest BCUT2D eigenvalue weighted by Gasteiger charge is -2.36. The van der Waals surface area contributed by atoms with Gasteiger partial charge in [0.05, 0.1) is 6.61 Å². The summed E-state index contributed by atoms with van der Waals surface area (Å²) in [5.41, 5.74) is 2.63.